The summed E-state index contributed by atoms with van der Waals surface area (Å²) in [7, 11) is -2.25. The maximum absolute atomic E-state index is 12.6. The zero-order valence-electron chi connectivity index (χ0n) is 13.2. The summed E-state index contributed by atoms with van der Waals surface area (Å²) in [5.74, 6) is 0.910. The number of hydrogen-bond donors (Lipinski definition) is 0. The maximum atomic E-state index is 12.6. The second kappa shape index (κ2) is 5.28. The fraction of sp³-hybridized carbons (Fsp3) is 0.600. The van der Waals surface area contributed by atoms with E-state index in [-0.39, 0.29) is 16.8 Å². The molecule has 0 saturated carbocycles. The summed E-state index contributed by atoms with van der Waals surface area (Å²) in [5, 5.41) is 0. The van der Waals surface area contributed by atoms with Gasteiger partial charge in [-0.1, -0.05) is 31.4 Å². The standard InChI is InChI=1S/C15H25NO2SSi/c1-15(2,3)19(17)16-12(9-11-20(4,5)6)14(16)13-8-7-10-18-13/h7-12,14H,1-6H3/b11-9+. The van der Waals surface area contributed by atoms with Gasteiger partial charge in [-0.2, -0.15) is 0 Å². The Morgan fingerprint density at radius 1 is 1.35 bits per heavy atom. The molecule has 1 aliphatic heterocycles. The molecule has 1 aromatic rings. The predicted octanol–water partition coefficient (Wildman–Crippen LogP) is 3.90. The summed E-state index contributed by atoms with van der Waals surface area (Å²) in [6, 6.07) is 4.19. The van der Waals surface area contributed by atoms with Gasteiger partial charge in [-0.15, -0.1) is 0 Å². The van der Waals surface area contributed by atoms with Crippen molar-refractivity contribution in [1.29, 1.82) is 0 Å². The third kappa shape index (κ3) is 3.51. The molecular weight excluding hydrogens is 286 g/mol. The van der Waals surface area contributed by atoms with E-state index in [0.29, 0.717) is 0 Å². The molecule has 0 N–H and O–H groups in total. The molecule has 0 spiro atoms. The molecule has 4 atom stereocenters. The van der Waals surface area contributed by atoms with Crippen LogP contribution >= 0.6 is 0 Å². The maximum Gasteiger partial charge on any atom is 0.123 e. The minimum atomic E-state index is -1.24. The first kappa shape index (κ1) is 15.7. The smallest absolute Gasteiger partial charge is 0.123 e. The Labute approximate surface area is 125 Å². The van der Waals surface area contributed by atoms with E-state index in [2.05, 4.69) is 35.7 Å². The lowest BCUT2D eigenvalue weighted by atomic mass is 10.2. The predicted molar refractivity (Wildman–Crippen MR) is 87.5 cm³/mol. The van der Waals surface area contributed by atoms with Crippen LogP contribution in [0, 0.1) is 0 Å². The normalized spacial score (nSPS) is 28.8. The van der Waals surface area contributed by atoms with E-state index in [1.165, 1.54) is 0 Å². The van der Waals surface area contributed by atoms with Gasteiger partial charge in [0.05, 0.1) is 25.1 Å². The van der Waals surface area contributed by atoms with Gasteiger partial charge in [-0.05, 0) is 32.9 Å². The monoisotopic (exact) mass is 311 g/mol. The summed E-state index contributed by atoms with van der Waals surface area (Å²) >= 11 is 0. The molecule has 1 saturated heterocycles. The molecule has 1 aromatic heterocycles. The van der Waals surface area contributed by atoms with Crippen molar-refractivity contribution >= 4 is 19.1 Å². The SMILES string of the molecule is CC(C)(C)S(=O)N1C(/C=C/[Si](C)(C)C)C1c1ccco1. The molecule has 1 fully saturated rings. The van der Waals surface area contributed by atoms with Crippen LogP contribution in [-0.4, -0.2) is 27.4 Å². The fourth-order valence-electron chi connectivity index (χ4n) is 2.09. The van der Waals surface area contributed by atoms with Crippen LogP contribution in [0.5, 0.6) is 0 Å². The summed E-state index contributed by atoms with van der Waals surface area (Å²) in [6.07, 6.45) is 3.91. The third-order valence-electron chi connectivity index (χ3n) is 3.15. The van der Waals surface area contributed by atoms with Crippen molar-refractivity contribution in [2.75, 3.05) is 0 Å². The zero-order valence-corrected chi connectivity index (χ0v) is 15.0. The first-order valence-corrected chi connectivity index (χ1v) is 11.7. The average Bonchev–Trinajstić information content (AvgIpc) is 2.74. The number of nitrogens with zero attached hydrogens (tertiary/aromatic N) is 1. The van der Waals surface area contributed by atoms with Gasteiger partial charge in [0, 0.05) is 0 Å². The molecule has 1 aliphatic rings. The van der Waals surface area contributed by atoms with Gasteiger partial charge >= 0.3 is 0 Å². The Morgan fingerprint density at radius 3 is 2.45 bits per heavy atom. The van der Waals surface area contributed by atoms with E-state index in [1.807, 2.05) is 32.9 Å². The fourth-order valence-corrected chi connectivity index (χ4v) is 4.28. The Balaban J connectivity index is 2.21. The van der Waals surface area contributed by atoms with Gasteiger partial charge < -0.3 is 4.42 Å². The van der Waals surface area contributed by atoms with E-state index in [1.54, 1.807) is 6.26 Å². The van der Waals surface area contributed by atoms with Crippen LogP contribution in [0.2, 0.25) is 19.6 Å². The quantitative estimate of drug-likeness (QED) is 0.624. The van der Waals surface area contributed by atoms with Crippen molar-refractivity contribution in [2.24, 2.45) is 0 Å². The highest BCUT2D eigenvalue weighted by Gasteiger charge is 2.54. The van der Waals surface area contributed by atoms with Crippen molar-refractivity contribution in [3.8, 4) is 0 Å². The molecular formula is C15H25NO2SSi. The zero-order chi connectivity index (χ0) is 15.1. The van der Waals surface area contributed by atoms with Crippen LogP contribution in [0.25, 0.3) is 0 Å². The van der Waals surface area contributed by atoms with Crippen LogP contribution in [0.1, 0.15) is 32.6 Å². The molecule has 0 amide bonds. The molecule has 5 heteroatoms. The van der Waals surface area contributed by atoms with E-state index >= 15 is 0 Å². The number of furan rings is 1. The molecule has 0 aromatic carbocycles. The molecule has 0 aliphatic carbocycles. The Bertz CT molecular complexity index is 511. The van der Waals surface area contributed by atoms with Crippen molar-refractivity contribution in [3.05, 3.63) is 35.9 Å². The minimum absolute atomic E-state index is 0.123. The van der Waals surface area contributed by atoms with E-state index in [4.69, 9.17) is 4.42 Å². The highest BCUT2D eigenvalue weighted by atomic mass is 32.2. The first-order chi connectivity index (χ1) is 9.11. The van der Waals surface area contributed by atoms with Crippen LogP contribution in [0.15, 0.2) is 34.6 Å². The van der Waals surface area contributed by atoms with Crippen molar-refractivity contribution in [2.45, 2.75) is 57.2 Å². The third-order valence-corrected chi connectivity index (χ3v) is 6.24. The van der Waals surface area contributed by atoms with Gasteiger partial charge in [0.2, 0.25) is 0 Å². The first-order valence-electron chi connectivity index (χ1n) is 7.04. The molecule has 112 valence electrons. The molecule has 2 heterocycles. The van der Waals surface area contributed by atoms with Gasteiger partial charge in [-0.3, -0.25) is 0 Å². The van der Waals surface area contributed by atoms with Crippen molar-refractivity contribution in [3.63, 3.8) is 0 Å². The number of hydrogen-bond acceptors (Lipinski definition) is 2. The Kier molecular flexibility index (Phi) is 4.15. The lowest BCUT2D eigenvalue weighted by molar-refractivity contribution is 0.493. The van der Waals surface area contributed by atoms with Crippen LogP contribution in [-0.2, 0) is 11.0 Å². The summed E-state index contributed by atoms with van der Waals surface area (Å²) < 4.78 is 20.0. The van der Waals surface area contributed by atoms with Crippen LogP contribution in [0.3, 0.4) is 0 Å². The van der Waals surface area contributed by atoms with E-state index < -0.39 is 19.1 Å². The largest absolute Gasteiger partial charge is 0.468 e. The lowest BCUT2D eigenvalue weighted by Gasteiger charge is -2.18. The van der Waals surface area contributed by atoms with E-state index in [0.717, 1.165) is 5.76 Å². The summed E-state index contributed by atoms with van der Waals surface area (Å²) in [5.41, 5.74) is 2.33. The minimum Gasteiger partial charge on any atom is -0.468 e. The molecule has 20 heavy (non-hydrogen) atoms. The summed E-state index contributed by atoms with van der Waals surface area (Å²) in [6.45, 7) is 13.0. The topological polar surface area (TPSA) is 33.2 Å². The van der Waals surface area contributed by atoms with Gasteiger partial charge in [0.15, 0.2) is 0 Å². The van der Waals surface area contributed by atoms with Crippen LogP contribution < -0.4 is 0 Å². The Morgan fingerprint density at radius 2 is 2.00 bits per heavy atom. The van der Waals surface area contributed by atoms with Crippen molar-refractivity contribution in [1.82, 2.24) is 4.31 Å². The van der Waals surface area contributed by atoms with Gasteiger partial charge in [0.25, 0.3) is 0 Å². The van der Waals surface area contributed by atoms with Gasteiger partial charge in [0.1, 0.15) is 22.8 Å². The van der Waals surface area contributed by atoms with E-state index in [9.17, 15) is 4.21 Å². The highest BCUT2D eigenvalue weighted by molar-refractivity contribution is 7.84. The number of rotatable bonds is 4. The molecule has 0 bridgehead atoms. The van der Waals surface area contributed by atoms with Crippen molar-refractivity contribution < 1.29 is 8.63 Å². The lowest BCUT2D eigenvalue weighted by Crippen LogP contribution is -2.28. The highest BCUT2D eigenvalue weighted by Crippen LogP contribution is 2.47. The summed E-state index contributed by atoms with van der Waals surface area (Å²) in [4.78, 5) is 0. The molecule has 4 unspecified atom stereocenters. The second-order valence-corrected chi connectivity index (χ2v) is 14.6. The Hall–Kier alpha value is -0.653. The average molecular weight is 312 g/mol. The molecule has 3 nitrogen and oxygen atoms in total. The molecule has 0 radical (unpaired) electrons. The molecule has 2 rings (SSSR count). The second-order valence-electron chi connectivity index (χ2n) is 7.40. The van der Waals surface area contributed by atoms with Gasteiger partial charge in [-0.25, -0.2) is 8.51 Å². The van der Waals surface area contributed by atoms with Crippen LogP contribution in [0.4, 0.5) is 0 Å².